The maximum Gasteiger partial charge on any atom is 0.0700 e. The van der Waals surface area contributed by atoms with Gasteiger partial charge in [0.2, 0.25) is 0 Å². The van der Waals surface area contributed by atoms with E-state index in [1.54, 1.807) is 7.11 Å². The topological polar surface area (TPSA) is 18.5 Å². The van der Waals surface area contributed by atoms with E-state index in [1.165, 1.54) is 0 Å². The third-order valence-electron chi connectivity index (χ3n) is 0.653. The van der Waals surface area contributed by atoms with Crippen LogP contribution in [0, 0.1) is 0 Å². The Morgan fingerprint density at radius 1 is 1.22 bits per heavy atom. The summed E-state index contributed by atoms with van der Waals surface area (Å²) in [6.45, 7) is 2.15. The quantitative estimate of drug-likeness (QED) is 0.515. The Balaban J connectivity index is 0. The van der Waals surface area contributed by atoms with Crippen molar-refractivity contribution >= 4 is 28.3 Å². The van der Waals surface area contributed by atoms with E-state index in [9.17, 15) is 0 Å². The predicted molar refractivity (Wildman–Crippen MR) is 43.7 cm³/mol. The number of alkyl halides is 1. The number of halogens is 2. The molecule has 0 fully saturated rings. The lowest BCUT2D eigenvalue weighted by atomic mass is 10.7. The largest absolute Gasteiger partial charge is 0.382 e. The van der Waals surface area contributed by atoms with Crippen molar-refractivity contribution in [2.45, 2.75) is 0 Å². The Morgan fingerprint density at radius 2 is 1.89 bits per heavy atom. The molecule has 0 N–H and O–H groups in total. The highest BCUT2D eigenvalue weighted by atomic mass is 79.9. The summed E-state index contributed by atoms with van der Waals surface area (Å²) >= 11 is 3.24. The lowest BCUT2D eigenvalue weighted by molar-refractivity contribution is 0.0793. The normalized spacial score (nSPS) is 8.67. The first-order valence-corrected chi connectivity index (χ1v) is 3.66. The van der Waals surface area contributed by atoms with E-state index in [0.717, 1.165) is 11.9 Å². The van der Waals surface area contributed by atoms with Crippen LogP contribution in [0.4, 0.5) is 0 Å². The molecule has 0 aromatic carbocycles. The fourth-order valence-corrected chi connectivity index (χ4v) is 0.528. The average molecular weight is 220 g/mol. The van der Waals surface area contributed by atoms with Gasteiger partial charge >= 0.3 is 0 Å². The van der Waals surface area contributed by atoms with Crippen molar-refractivity contribution in [2.24, 2.45) is 0 Å². The summed E-state index contributed by atoms with van der Waals surface area (Å²) in [5, 5.41) is 0.900. The Morgan fingerprint density at radius 3 is 2.33 bits per heavy atom. The summed E-state index contributed by atoms with van der Waals surface area (Å²) in [6, 6.07) is 0. The highest BCUT2D eigenvalue weighted by Gasteiger charge is 1.82. The summed E-state index contributed by atoms with van der Waals surface area (Å²) < 4.78 is 9.80. The summed E-state index contributed by atoms with van der Waals surface area (Å²) in [7, 11) is 1.66. The van der Waals surface area contributed by atoms with Crippen LogP contribution in [-0.2, 0) is 9.47 Å². The van der Waals surface area contributed by atoms with Gasteiger partial charge in [0, 0.05) is 12.4 Å². The first kappa shape index (κ1) is 12.4. The molecular weight excluding hydrogens is 207 g/mol. The molecule has 0 aromatic heterocycles. The minimum atomic E-state index is 0. The smallest absolute Gasteiger partial charge is 0.0700 e. The van der Waals surface area contributed by atoms with Crippen LogP contribution >= 0.6 is 28.3 Å². The van der Waals surface area contributed by atoms with E-state index >= 15 is 0 Å². The van der Waals surface area contributed by atoms with Gasteiger partial charge in [0.1, 0.15) is 0 Å². The van der Waals surface area contributed by atoms with Gasteiger partial charge in [-0.05, 0) is 0 Å². The Hall–Kier alpha value is 0.690. The monoisotopic (exact) mass is 218 g/mol. The van der Waals surface area contributed by atoms with Gasteiger partial charge in [-0.3, -0.25) is 0 Å². The molecule has 0 rings (SSSR count). The molecule has 2 nitrogen and oxygen atoms in total. The maximum absolute atomic E-state index is 5.05. The summed E-state index contributed by atoms with van der Waals surface area (Å²) in [5.41, 5.74) is 0. The summed E-state index contributed by atoms with van der Waals surface area (Å²) in [6.07, 6.45) is 0. The standard InChI is InChI=1S/C5H11BrO2.ClH/c1-7-4-5-8-3-2-6;/h2-5H2,1H3;1H. The molecule has 0 aliphatic carbocycles. The second-order valence-electron chi connectivity index (χ2n) is 1.29. The van der Waals surface area contributed by atoms with Crippen molar-refractivity contribution in [1.29, 1.82) is 0 Å². The van der Waals surface area contributed by atoms with Gasteiger partial charge in [0.25, 0.3) is 0 Å². The van der Waals surface area contributed by atoms with Gasteiger partial charge in [-0.15, -0.1) is 12.4 Å². The van der Waals surface area contributed by atoms with Crippen LogP contribution in [0.25, 0.3) is 0 Å². The van der Waals surface area contributed by atoms with Crippen LogP contribution in [0.1, 0.15) is 0 Å². The molecule has 0 bridgehead atoms. The number of rotatable bonds is 5. The molecule has 0 saturated heterocycles. The second-order valence-corrected chi connectivity index (χ2v) is 2.09. The zero-order valence-electron chi connectivity index (χ0n) is 5.43. The molecule has 0 radical (unpaired) electrons. The van der Waals surface area contributed by atoms with Gasteiger partial charge in [-0.2, -0.15) is 0 Å². The molecule has 9 heavy (non-hydrogen) atoms. The molecule has 58 valence electrons. The predicted octanol–water partition coefficient (Wildman–Crippen LogP) is 1.47. The molecule has 0 saturated carbocycles. The van der Waals surface area contributed by atoms with Crippen LogP contribution < -0.4 is 0 Å². The Kier molecular flexibility index (Phi) is 15.8. The molecule has 0 heterocycles. The Bertz CT molecular complexity index is 39.9. The zero-order valence-corrected chi connectivity index (χ0v) is 7.83. The summed E-state index contributed by atoms with van der Waals surface area (Å²) in [5.74, 6) is 0. The van der Waals surface area contributed by atoms with E-state index in [1.807, 2.05) is 0 Å². The van der Waals surface area contributed by atoms with E-state index in [-0.39, 0.29) is 12.4 Å². The number of hydrogen-bond acceptors (Lipinski definition) is 2. The summed E-state index contributed by atoms with van der Waals surface area (Å²) in [4.78, 5) is 0. The number of hydrogen-bond donors (Lipinski definition) is 0. The van der Waals surface area contributed by atoms with Crippen LogP contribution in [-0.4, -0.2) is 32.3 Å². The molecule has 4 heteroatoms. The fraction of sp³-hybridized carbons (Fsp3) is 1.00. The first-order chi connectivity index (χ1) is 3.91. The van der Waals surface area contributed by atoms with Crippen molar-refractivity contribution in [3.05, 3.63) is 0 Å². The van der Waals surface area contributed by atoms with Crippen LogP contribution in [0.3, 0.4) is 0 Å². The van der Waals surface area contributed by atoms with Crippen molar-refractivity contribution in [3.63, 3.8) is 0 Å². The van der Waals surface area contributed by atoms with Gasteiger partial charge in [0.05, 0.1) is 19.8 Å². The Labute approximate surface area is 70.4 Å². The fourth-order valence-electron chi connectivity index (χ4n) is 0.299. The highest BCUT2D eigenvalue weighted by Crippen LogP contribution is 1.80. The average Bonchev–Trinajstić information content (AvgIpc) is 1.81. The van der Waals surface area contributed by atoms with Gasteiger partial charge in [-0.1, -0.05) is 15.9 Å². The van der Waals surface area contributed by atoms with Crippen molar-refractivity contribution in [2.75, 3.05) is 32.3 Å². The van der Waals surface area contributed by atoms with Crippen molar-refractivity contribution in [3.8, 4) is 0 Å². The van der Waals surface area contributed by atoms with Crippen molar-refractivity contribution in [1.82, 2.24) is 0 Å². The minimum absolute atomic E-state index is 0. The molecular formula is C5H12BrClO2. The van der Waals surface area contributed by atoms with Crippen LogP contribution in [0.5, 0.6) is 0 Å². The third kappa shape index (κ3) is 12.0. The van der Waals surface area contributed by atoms with Crippen LogP contribution in [0.15, 0.2) is 0 Å². The maximum atomic E-state index is 5.05. The molecule has 0 aromatic rings. The third-order valence-corrected chi connectivity index (χ3v) is 0.977. The lowest BCUT2D eigenvalue weighted by Gasteiger charge is -1.98. The number of ether oxygens (including phenoxy) is 2. The number of methoxy groups -OCH3 is 1. The zero-order chi connectivity index (χ0) is 6.24. The van der Waals surface area contributed by atoms with E-state index in [0.29, 0.717) is 13.2 Å². The molecule has 0 amide bonds. The molecule has 0 spiro atoms. The minimum Gasteiger partial charge on any atom is -0.382 e. The highest BCUT2D eigenvalue weighted by molar-refractivity contribution is 9.09. The van der Waals surface area contributed by atoms with Crippen LogP contribution in [0.2, 0.25) is 0 Å². The lowest BCUT2D eigenvalue weighted by Crippen LogP contribution is -2.02. The van der Waals surface area contributed by atoms with Gasteiger partial charge in [0.15, 0.2) is 0 Å². The van der Waals surface area contributed by atoms with E-state index in [2.05, 4.69) is 15.9 Å². The molecule has 0 unspecified atom stereocenters. The van der Waals surface area contributed by atoms with E-state index in [4.69, 9.17) is 9.47 Å². The first-order valence-electron chi connectivity index (χ1n) is 2.54. The second kappa shape index (κ2) is 11.5. The molecule has 0 aliphatic rings. The van der Waals surface area contributed by atoms with Crippen molar-refractivity contribution < 1.29 is 9.47 Å². The molecule has 0 atom stereocenters. The van der Waals surface area contributed by atoms with E-state index < -0.39 is 0 Å². The SMILES string of the molecule is COCCOCCBr.Cl. The molecule has 0 aliphatic heterocycles. The van der Waals surface area contributed by atoms with Gasteiger partial charge in [-0.25, -0.2) is 0 Å². The van der Waals surface area contributed by atoms with Gasteiger partial charge < -0.3 is 9.47 Å².